The van der Waals surface area contributed by atoms with E-state index in [2.05, 4.69) is 15.0 Å². The molecule has 0 aliphatic heterocycles. The van der Waals surface area contributed by atoms with E-state index in [-0.39, 0.29) is 24.8 Å². The topological polar surface area (TPSA) is 41.6 Å². The third-order valence-electron chi connectivity index (χ3n) is 1.42. The molecule has 0 unspecified atom stereocenters. The molecule has 66 valence electrons. The van der Waals surface area contributed by atoms with Gasteiger partial charge in [-0.25, -0.2) is 9.97 Å². The number of nitrogens with one attached hydrogen (secondary N) is 1. The van der Waals surface area contributed by atoms with Crippen molar-refractivity contribution in [3.63, 3.8) is 0 Å². The van der Waals surface area contributed by atoms with Gasteiger partial charge in [0.1, 0.15) is 0 Å². The predicted octanol–water partition coefficient (Wildman–Crippen LogP) is 2.11. The van der Waals surface area contributed by atoms with Crippen molar-refractivity contribution in [2.75, 3.05) is 0 Å². The van der Waals surface area contributed by atoms with Gasteiger partial charge in [0.2, 0.25) is 0 Å². The molecule has 0 spiro atoms. The van der Waals surface area contributed by atoms with Crippen LogP contribution in [0.1, 0.15) is 5.69 Å². The summed E-state index contributed by atoms with van der Waals surface area (Å²) in [5.41, 5.74) is 2.78. The standard InChI is InChI=1S/C7H7N3.2ClH/c1-5-2-3-6-7(10-5)9-4-8-6;;/h2-4H,1H3,(H,8,9,10);2*1H. The van der Waals surface area contributed by atoms with E-state index < -0.39 is 0 Å². The fraction of sp³-hybridized carbons (Fsp3) is 0.143. The highest BCUT2D eigenvalue weighted by Crippen LogP contribution is 2.05. The Kier molecular flexibility index (Phi) is 4.00. The van der Waals surface area contributed by atoms with Crippen molar-refractivity contribution in [2.24, 2.45) is 0 Å². The minimum Gasteiger partial charge on any atom is -0.343 e. The van der Waals surface area contributed by atoms with Crippen molar-refractivity contribution in [3.8, 4) is 0 Å². The summed E-state index contributed by atoms with van der Waals surface area (Å²) in [7, 11) is 0. The number of hydrogen-bond acceptors (Lipinski definition) is 2. The zero-order valence-electron chi connectivity index (χ0n) is 6.44. The Morgan fingerprint density at radius 3 is 2.75 bits per heavy atom. The first-order chi connectivity index (χ1) is 4.86. The van der Waals surface area contributed by atoms with E-state index in [1.165, 1.54) is 0 Å². The average Bonchev–Trinajstić information content (AvgIpc) is 2.33. The van der Waals surface area contributed by atoms with Crippen molar-refractivity contribution in [1.29, 1.82) is 0 Å². The Bertz CT molecular complexity index is 358. The van der Waals surface area contributed by atoms with Crippen LogP contribution in [0.25, 0.3) is 11.2 Å². The van der Waals surface area contributed by atoms with Crippen LogP contribution in [0.4, 0.5) is 0 Å². The van der Waals surface area contributed by atoms with Crippen LogP contribution in [0.2, 0.25) is 0 Å². The Balaban J connectivity index is 0.000000605. The van der Waals surface area contributed by atoms with Crippen molar-refractivity contribution in [3.05, 3.63) is 24.2 Å². The number of pyridine rings is 1. The van der Waals surface area contributed by atoms with Gasteiger partial charge in [0.15, 0.2) is 5.65 Å². The summed E-state index contributed by atoms with van der Waals surface area (Å²) in [6, 6.07) is 3.94. The molecule has 0 saturated carbocycles. The Morgan fingerprint density at radius 2 is 2.00 bits per heavy atom. The quantitative estimate of drug-likeness (QED) is 0.717. The molecule has 2 aromatic rings. The summed E-state index contributed by atoms with van der Waals surface area (Å²) >= 11 is 0. The zero-order valence-corrected chi connectivity index (χ0v) is 8.08. The van der Waals surface area contributed by atoms with Gasteiger partial charge in [-0.1, -0.05) is 0 Å². The molecule has 5 heteroatoms. The largest absolute Gasteiger partial charge is 0.343 e. The summed E-state index contributed by atoms with van der Waals surface area (Å²) in [5.74, 6) is 0. The maximum atomic E-state index is 4.19. The Morgan fingerprint density at radius 1 is 1.25 bits per heavy atom. The maximum absolute atomic E-state index is 4.19. The fourth-order valence-electron chi connectivity index (χ4n) is 0.917. The number of aryl methyl sites for hydroxylation is 1. The molecule has 1 N–H and O–H groups in total. The normalized spacial score (nSPS) is 8.75. The van der Waals surface area contributed by atoms with Crippen LogP contribution in [0, 0.1) is 6.92 Å². The first-order valence-electron chi connectivity index (χ1n) is 3.13. The van der Waals surface area contributed by atoms with Gasteiger partial charge in [0.25, 0.3) is 0 Å². The summed E-state index contributed by atoms with van der Waals surface area (Å²) in [6.07, 6.45) is 1.65. The molecule has 0 atom stereocenters. The van der Waals surface area contributed by atoms with Gasteiger partial charge in [-0.2, -0.15) is 0 Å². The number of nitrogens with zero attached hydrogens (tertiary/aromatic N) is 2. The first-order valence-corrected chi connectivity index (χ1v) is 3.13. The van der Waals surface area contributed by atoms with Crippen molar-refractivity contribution >= 4 is 36.0 Å². The van der Waals surface area contributed by atoms with Crippen LogP contribution in [-0.4, -0.2) is 15.0 Å². The lowest BCUT2D eigenvalue weighted by Crippen LogP contribution is -1.79. The molecule has 3 nitrogen and oxygen atoms in total. The Hall–Kier alpha value is -0.800. The van der Waals surface area contributed by atoms with Crippen LogP contribution < -0.4 is 0 Å². The number of rotatable bonds is 0. The lowest BCUT2D eigenvalue weighted by molar-refractivity contribution is 1.22. The van der Waals surface area contributed by atoms with Crippen LogP contribution >= 0.6 is 24.8 Å². The van der Waals surface area contributed by atoms with Crippen molar-refractivity contribution < 1.29 is 0 Å². The molecule has 2 heterocycles. The Labute approximate surface area is 82.4 Å². The molecule has 0 aromatic carbocycles. The second-order valence-corrected chi connectivity index (χ2v) is 2.23. The number of halogens is 2. The van der Waals surface area contributed by atoms with Gasteiger partial charge in [-0.05, 0) is 19.1 Å². The van der Waals surface area contributed by atoms with Crippen molar-refractivity contribution in [2.45, 2.75) is 6.92 Å². The second kappa shape index (κ2) is 4.28. The lowest BCUT2D eigenvalue weighted by Gasteiger charge is -1.88. The third-order valence-corrected chi connectivity index (χ3v) is 1.42. The highest BCUT2D eigenvalue weighted by atomic mass is 35.5. The number of hydrogen-bond donors (Lipinski definition) is 1. The van der Waals surface area contributed by atoms with E-state index in [9.17, 15) is 0 Å². The molecular weight excluding hydrogens is 197 g/mol. The maximum Gasteiger partial charge on any atom is 0.177 e. The third kappa shape index (κ3) is 1.87. The summed E-state index contributed by atoms with van der Waals surface area (Å²) in [4.78, 5) is 11.2. The summed E-state index contributed by atoms with van der Waals surface area (Å²) in [5, 5.41) is 0. The van der Waals surface area contributed by atoms with Crippen LogP contribution in [-0.2, 0) is 0 Å². The monoisotopic (exact) mass is 205 g/mol. The van der Waals surface area contributed by atoms with Gasteiger partial charge in [-0.15, -0.1) is 24.8 Å². The average molecular weight is 206 g/mol. The number of aromatic amines is 1. The number of H-pyrrole nitrogens is 1. The smallest absolute Gasteiger partial charge is 0.177 e. The molecule has 0 amide bonds. The molecule has 2 aromatic heterocycles. The fourth-order valence-corrected chi connectivity index (χ4v) is 0.917. The zero-order chi connectivity index (χ0) is 6.97. The number of imidazole rings is 1. The predicted molar refractivity (Wildman–Crippen MR) is 53.1 cm³/mol. The first kappa shape index (κ1) is 11.2. The molecule has 0 aliphatic rings. The van der Waals surface area contributed by atoms with Crippen molar-refractivity contribution in [1.82, 2.24) is 15.0 Å². The second-order valence-electron chi connectivity index (χ2n) is 2.23. The van der Waals surface area contributed by atoms with Gasteiger partial charge in [0.05, 0.1) is 11.8 Å². The van der Waals surface area contributed by atoms with Crippen LogP contribution in [0.15, 0.2) is 18.5 Å². The van der Waals surface area contributed by atoms with E-state index in [1.54, 1.807) is 6.33 Å². The summed E-state index contributed by atoms with van der Waals surface area (Å²) in [6.45, 7) is 1.95. The van der Waals surface area contributed by atoms with E-state index >= 15 is 0 Å². The van der Waals surface area contributed by atoms with Crippen LogP contribution in [0.3, 0.4) is 0 Å². The molecule has 0 radical (unpaired) electrons. The molecular formula is C7H9Cl2N3. The minimum absolute atomic E-state index is 0. The highest BCUT2D eigenvalue weighted by molar-refractivity contribution is 5.85. The molecule has 0 fully saturated rings. The molecule has 0 saturated heterocycles. The minimum atomic E-state index is 0. The van der Waals surface area contributed by atoms with E-state index in [4.69, 9.17) is 0 Å². The van der Waals surface area contributed by atoms with Gasteiger partial charge >= 0.3 is 0 Å². The van der Waals surface area contributed by atoms with E-state index in [0.29, 0.717) is 0 Å². The molecule has 0 aliphatic carbocycles. The van der Waals surface area contributed by atoms with Gasteiger partial charge in [0, 0.05) is 5.69 Å². The number of fused-ring (bicyclic) bond motifs is 1. The molecule has 2 rings (SSSR count). The number of aromatic nitrogens is 3. The van der Waals surface area contributed by atoms with Gasteiger partial charge < -0.3 is 4.98 Å². The van der Waals surface area contributed by atoms with E-state index in [1.807, 2.05) is 19.1 Å². The van der Waals surface area contributed by atoms with Crippen LogP contribution in [0.5, 0.6) is 0 Å². The molecule has 12 heavy (non-hydrogen) atoms. The van der Waals surface area contributed by atoms with Gasteiger partial charge in [-0.3, -0.25) is 0 Å². The summed E-state index contributed by atoms with van der Waals surface area (Å²) < 4.78 is 0. The van der Waals surface area contributed by atoms with E-state index in [0.717, 1.165) is 16.9 Å². The lowest BCUT2D eigenvalue weighted by atomic mass is 10.4. The molecule has 0 bridgehead atoms. The SMILES string of the molecule is Cc1ccc2[nH]cnc2n1.Cl.Cl. The highest BCUT2D eigenvalue weighted by Gasteiger charge is 1.94.